The van der Waals surface area contributed by atoms with E-state index in [9.17, 15) is 8.78 Å². The molecule has 0 aromatic carbocycles. The Bertz CT molecular complexity index is 567. The first-order chi connectivity index (χ1) is 8.36. The third-order valence-electron chi connectivity index (χ3n) is 1.89. The molecule has 0 saturated carbocycles. The highest BCUT2D eigenvalue weighted by Crippen LogP contribution is 2.26. The summed E-state index contributed by atoms with van der Waals surface area (Å²) in [5.41, 5.74) is -0.451. The minimum Gasteiger partial charge on any atom is -0.260 e. The molecular weight excluding hydrogens is 287 g/mol. The average molecular weight is 292 g/mol. The van der Waals surface area contributed by atoms with Crippen LogP contribution in [0.4, 0.5) is 8.78 Å². The maximum absolute atomic E-state index is 13.1. The molecule has 5 nitrogen and oxygen atoms in total. The number of halogens is 4. The molecule has 2 aromatic heterocycles. The van der Waals surface area contributed by atoms with Crippen LogP contribution in [0, 0.1) is 0 Å². The van der Waals surface area contributed by atoms with Gasteiger partial charge in [-0.05, 0) is 23.2 Å². The molecule has 0 unspecified atom stereocenters. The molecule has 0 spiro atoms. The van der Waals surface area contributed by atoms with Crippen molar-refractivity contribution in [2.24, 2.45) is 0 Å². The number of alkyl halides is 2. The average Bonchev–Trinajstić information content (AvgIpc) is 2.27. The Morgan fingerprint density at radius 2 is 1.61 bits per heavy atom. The lowest BCUT2D eigenvalue weighted by Crippen LogP contribution is -2.11. The third-order valence-corrected chi connectivity index (χ3v) is 2.23. The molecule has 0 aliphatic heterocycles. The van der Waals surface area contributed by atoms with Gasteiger partial charge >= 0.3 is 0 Å². The van der Waals surface area contributed by atoms with Crippen LogP contribution in [0.25, 0.3) is 11.5 Å². The highest BCUT2D eigenvalue weighted by molar-refractivity contribution is 6.31. The first-order valence-corrected chi connectivity index (χ1v) is 5.39. The van der Waals surface area contributed by atoms with Crippen LogP contribution in [-0.2, 0) is 5.92 Å². The van der Waals surface area contributed by atoms with E-state index < -0.39 is 11.6 Å². The zero-order chi connectivity index (χ0) is 13.3. The Morgan fingerprint density at radius 1 is 1.00 bits per heavy atom. The number of hydrogen-bond donors (Lipinski definition) is 0. The molecule has 0 bridgehead atoms. The Hall–Kier alpha value is -1.47. The van der Waals surface area contributed by atoms with Gasteiger partial charge in [0, 0.05) is 6.92 Å². The molecule has 0 fully saturated rings. The predicted molar refractivity (Wildman–Crippen MR) is 60.4 cm³/mol. The van der Waals surface area contributed by atoms with Crippen LogP contribution in [0.2, 0.25) is 10.6 Å². The summed E-state index contributed by atoms with van der Waals surface area (Å²) in [7, 11) is 0. The van der Waals surface area contributed by atoms with Gasteiger partial charge < -0.3 is 0 Å². The maximum atomic E-state index is 13.1. The number of rotatable bonds is 2. The molecule has 0 atom stereocenters. The summed E-state index contributed by atoms with van der Waals surface area (Å²) in [5.74, 6) is -3.12. The van der Waals surface area contributed by atoms with E-state index in [2.05, 4.69) is 24.9 Å². The topological polar surface area (TPSA) is 64.5 Å². The van der Waals surface area contributed by atoms with Gasteiger partial charge in [-0.15, -0.1) is 0 Å². The van der Waals surface area contributed by atoms with E-state index in [-0.39, 0.29) is 22.1 Å². The normalized spacial score (nSPS) is 11.6. The number of nitrogens with zero attached hydrogens (tertiary/aromatic N) is 5. The van der Waals surface area contributed by atoms with Gasteiger partial charge in [0.05, 0.1) is 12.4 Å². The molecule has 0 amide bonds. The van der Waals surface area contributed by atoms with Crippen LogP contribution in [0.3, 0.4) is 0 Å². The van der Waals surface area contributed by atoms with E-state index in [1.165, 1.54) is 6.20 Å². The monoisotopic (exact) mass is 291 g/mol. The van der Waals surface area contributed by atoms with Gasteiger partial charge in [-0.3, -0.25) is 4.98 Å². The summed E-state index contributed by atoms with van der Waals surface area (Å²) in [6.45, 7) is 0.716. The van der Waals surface area contributed by atoms with Crippen LogP contribution >= 0.6 is 23.2 Å². The van der Waals surface area contributed by atoms with Gasteiger partial charge in [0.2, 0.25) is 10.6 Å². The van der Waals surface area contributed by atoms with Gasteiger partial charge in [0.25, 0.3) is 5.92 Å². The second-order valence-electron chi connectivity index (χ2n) is 3.38. The lowest BCUT2D eigenvalue weighted by Gasteiger charge is -2.09. The predicted octanol–water partition coefficient (Wildman–Crippen LogP) is 2.75. The second kappa shape index (κ2) is 4.66. The largest absolute Gasteiger partial charge is 0.288 e. The van der Waals surface area contributed by atoms with Crippen molar-refractivity contribution in [1.29, 1.82) is 0 Å². The SMILES string of the molecule is CC(F)(F)c1cncc(-c2nc(Cl)nc(Cl)n2)n1. The summed E-state index contributed by atoms with van der Waals surface area (Å²) in [6.07, 6.45) is 2.20. The summed E-state index contributed by atoms with van der Waals surface area (Å²) in [6, 6.07) is 0. The fraction of sp³-hybridized carbons (Fsp3) is 0.222. The highest BCUT2D eigenvalue weighted by Gasteiger charge is 2.27. The minimum absolute atomic E-state index is 0.0152. The fourth-order valence-electron chi connectivity index (χ4n) is 1.13. The quantitative estimate of drug-likeness (QED) is 0.851. The van der Waals surface area contributed by atoms with Crippen molar-refractivity contribution in [2.75, 3.05) is 0 Å². The van der Waals surface area contributed by atoms with Crippen molar-refractivity contribution >= 4 is 23.2 Å². The van der Waals surface area contributed by atoms with Crippen LogP contribution < -0.4 is 0 Å². The van der Waals surface area contributed by atoms with Gasteiger partial charge in [0.15, 0.2) is 5.82 Å². The molecule has 2 heterocycles. The number of aromatic nitrogens is 5. The maximum Gasteiger partial charge on any atom is 0.288 e. The first kappa shape index (κ1) is 13.0. The van der Waals surface area contributed by atoms with E-state index in [1.54, 1.807) is 0 Å². The third kappa shape index (κ3) is 2.85. The molecule has 2 aromatic rings. The molecule has 94 valence electrons. The highest BCUT2D eigenvalue weighted by atomic mass is 35.5. The van der Waals surface area contributed by atoms with Gasteiger partial charge in [-0.1, -0.05) is 0 Å². The molecule has 0 aliphatic carbocycles. The smallest absolute Gasteiger partial charge is 0.260 e. The summed E-state index contributed by atoms with van der Waals surface area (Å²) >= 11 is 11.2. The van der Waals surface area contributed by atoms with Crippen molar-refractivity contribution in [3.8, 4) is 11.5 Å². The van der Waals surface area contributed by atoms with E-state index in [1.807, 2.05) is 0 Å². The summed E-state index contributed by atoms with van der Waals surface area (Å²) < 4.78 is 26.2. The lowest BCUT2D eigenvalue weighted by molar-refractivity contribution is 0.0125. The van der Waals surface area contributed by atoms with Gasteiger partial charge in [-0.25, -0.2) is 4.98 Å². The van der Waals surface area contributed by atoms with Crippen molar-refractivity contribution in [3.05, 3.63) is 28.7 Å². The first-order valence-electron chi connectivity index (χ1n) is 4.64. The van der Waals surface area contributed by atoms with E-state index in [0.717, 1.165) is 6.20 Å². The van der Waals surface area contributed by atoms with Crippen molar-refractivity contribution in [2.45, 2.75) is 12.8 Å². The van der Waals surface area contributed by atoms with Gasteiger partial charge in [-0.2, -0.15) is 23.7 Å². The second-order valence-corrected chi connectivity index (χ2v) is 4.05. The summed E-state index contributed by atoms with van der Waals surface area (Å²) in [4.78, 5) is 18.4. The molecule has 0 saturated heterocycles. The van der Waals surface area contributed by atoms with Crippen LogP contribution in [0.1, 0.15) is 12.6 Å². The molecule has 18 heavy (non-hydrogen) atoms. The number of hydrogen-bond acceptors (Lipinski definition) is 5. The molecule has 0 radical (unpaired) electrons. The van der Waals surface area contributed by atoms with Crippen LogP contribution in [0.15, 0.2) is 12.4 Å². The lowest BCUT2D eigenvalue weighted by atomic mass is 10.3. The summed E-state index contributed by atoms with van der Waals surface area (Å²) in [5, 5.41) is -0.305. The van der Waals surface area contributed by atoms with Crippen molar-refractivity contribution < 1.29 is 8.78 Å². The van der Waals surface area contributed by atoms with E-state index in [4.69, 9.17) is 23.2 Å². The Kier molecular flexibility index (Phi) is 3.36. The molecule has 0 aliphatic rings. The Morgan fingerprint density at radius 3 is 2.17 bits per heavy atom. The Labute approximate surface area is 110 Å². The molecule has 0 N–H and O–H groups in total. The fourth-order valence-corrected chi connectivity index (χ4v) is 1.49. The minimum atomic E-state index is -3.11. The van der Waals surface area contributed by atoms with E-state index >= 15 is 0 Å². The van der Waals surface area contributed by atoms with Crippen LogP contribution in [-0.4, -0.2) is 24.9 Å². The van der Waals surface area contributed by atoms with E-state index in [0.29, 0.717) is 6.92 Å². The Balaban J connectivity index is 2.51. The van der Waals surface area contributed by atoms with Gasteiger partial charge in [0.1, 0.15) is 11.4 Å². The molecular formula is C9H5Cl2F2N5. The standard InChI is InChI=1S/C9H5Cl2F2N5/c1-9(12,13)5-3-14-2-4(15-5)6-16-7(10)18-8(11)17-6/h2-3H,1H3. The zero-order valence-electron chi connectivity index (χ0n) is 8.90. The zero-order valence-corrected chi connectivity index (χ0v) is 10.4. The molecule has 9 heteroatoms. The van der Waals surface area contributed by atoms with Crippen molar-refractivity contribution in [3.63, 3.8) is 0 Å². The van der Waals surface area contributed by atoms with Crippen molar-refractivity contribution in [1.82, 2.24) is 24.9 Å². The molecule has 2 rings (SSSR count). The van der Waals surface area contributed by atoms with Crippen LogP contribution in [0.5, 0.6) is 0 Å².